The summed E-state index contributed by atoms with van der Waals surface area (Å²) in [5, 5.41) is 6.08. The molecular formula is C17H21N3O2S. The third-order valence-electron chi connectivity index (χ3n) is 4.26. The second-order valence-corrected chi connectivity index (χ2v) is 7.01. The number of rotatable bonds is 4. The standard InChI is InChI=1S/C17H21N3O2S/c1-3-16(21)19-13-5-6-15-12(8-13)4-7-17(22)20(15)9-14-10-23-11(2)18-14/h4,7,10,13H,3,5-6,8-9H2,1-2H3,(H,19,21)/t13-/m0/s1. The minimum atomic E-state index is 0.0189. The lowest BCUT2D eigenvalue weighted by Crippen LogP contribution is -2.40. The summed E-state index contributed by atoms with van der Waals surface area (Å²) in [6.07, 6.45) is 2.98. The highest BCUT2D eigenvalue weighted by Crippen LogP contribution is 2.21. The Kier molecular flexibility index (Phi) is 4.61. The molecule has 0 aliphatic heterocycles. The zero-order valence-electron chi connectivity index (χ0n) is 13.5. The molecule has 1 atom stereocenters. The number of aryl methyl sites for hydroxylation is 1. The van der Waals surface area contributed by atoms with Gasteiger partial charge in [0.1, 0.15) is 0 Å². The number of nitrogens with zero attached hydrogens (tertiary/aromatic N) is 2. The first kappa shape index (κ1) is 15.9. The van der Waals surface area contributed by atoms with Gasteiger partial charge in [-0.25, -0.2) is 4.98 Å². The van der Waals surface area contributed by atoms with Gasteiger partial charge in [0.15, 0.2) is 0 Å². The topological polar surface area (TPSA) is 64.0 Å². The van der Waals surface area contributed by atoms with Crippen LogP contribution < -0.4 is 10.9 Å². The zero-order valence-corrected chi connectivity index (χ0v) is 14.3. The van der Waals surface area contributed by atoms with Crippen molar-refractivity contribution in [3.05, 3.63) is 49.8 Å². The molecule has 1 aliphatic rings. The van der Waals surface area contributed by atoms with E-state index in [1.165, 1.54) is 0 Å². The maximum atomic E-state index is 12.3. The second kappa shape index (κ2) is 6.66. The summed E-state index contributed by atoms with van der Waals surface area (Å²) in [5.74, 6) is 0.0877. The minimum Gasteiger partial charge on any atom is -0.353 e. The predicted molar refractivity (Wildman–Crippen MR) is 90.9 cm³/mol. The van der Waals surface area contributed by atoms with Gasteiger partial charge in [0.25, 0.3) is 5.56 Å². The normalized spacial score (nSPS) is 16.9. The number of hydrogen-bond donors (Lipinski definition) is 1. The van der Waals surface area contributed by atoms with Crippen LogP contribution in [0, 0.1) is 6.92 Å². The summed E-state index contributed by atoms with van der Waals surface area (Å²) >= 11 is 1.60. The molecule has 2 aromatic heterocycles. The van der Waals surface area contributed by atoms with Crippen molar-refractivity contribution >= 4 is 17.2 Å². The summed E-state index contributed by atoms with van der Waals surface area (Å²) in [5.41, 5.74) is 3.20. The molecule has 1 aliphatic carbocycles. The first-order valence-corrected chi connectivity index (χ1v) is 8.86. The number of fused-ring (bicyclic) bond motifs is 1. The lowest BCUT2D eigenvalue weighted by Gasteiger charge is -2.27. The molecule has 3 rings (SSSR count). The highest BCUT2D eigenvalue weighted by Gasteiger charge is 2.22. The smallest absolute Gasteiger partial charge is 0.251 e. The van der Waals surface area contributed by atoms with Crippen LogP contribution in [0.4, 0.5) is 0 Å². The van der Waals surface area contributed by atoms with Gasteiger partial charge in [0, 0.05) is 29.6 Å². The Morgan fingerprint density at radius 3 is 3.00 bits per heavy atom. The van der Waals surface area contributed by atoms with Crippen LogP contribution in [0.3, 0.4) is 0 Å². The number of thiazole rings is 1. The molecule has 122 valence electrons. The van der Waals surface area contributed by atoms with E-state index < -0.39 is 0 Å². The molecule has 1 N–H and O–H groups in total. The van der Waals surface area contributed by atoms with Gasteiger partial charge in [0.2, 0.25) is 5.91 Å². The van der Waals surface area contributed by atoms with Crippen molar-refractivity contribution in [2.45, 2.75) is 52.1 Å². The molecule has 0 saturated heterocycles. The minimum absolute atomic E-state index is 0.0189. The maximum Gasteiger partial charge on any atom is 0.251 e. The number of hydrogen-bond acceptors (Lipinski definition) is 4. The van der Waals surface area contributed by atoms with Crippen LogP contribution in [0.1, 0.15) is 41.7 Å². The molecule has 2 heterocycles. The fourth-order valence-electron chi connectivity index (χ4n) is 3.09. The van der Waals surface area contributed by atoms with Crippen LogP contribution in [0.25, 0.3) is 0 Å². The largest absolute Gasteiger partial charge is 0.353 e. The SMILES string of the molecule is CCC(=O)N[C@H]1CCc2c(ccc(=O)n2Cc2csc(C)n2)C1. The van der Waals surface area contributed by atoms with Crippen molar-refractivity contribution in [3.63, 3.8) is 0 Å². The Bertz CT molecular complexity index is 778. The quantitative estimate of drug-likeness (QED) is 0.932. The highest BCUT2D eigenvalue weighted by atomic mass is 32.1. The van der Waals surface area contributed by atoms with E-state index in [-0.39, 0.29) is 17.5 Å². The van der Waals surface area contributed by atoms with Gasteiger partial charge in [-0.1, -0.05) is 13.0 Å². The molecule has 0 bridgehead atoms. The molecule has 5 nitrogen and oxygen atoms in total. The van der Waals surface area contributed by atoms with Crippen LogP contribution in [0.15, 0.2) is 22.3 Å². The van der Waals surface area contributed by atoms with E-state index in [1.54, 1.807) is 17.4 Å². The van der Waals surface area contributed by atoms with Gasteiger partial charge < -0.3 is 9.88 Å². The molecule has 0 fully saturated rings. The van der Waals surface area contributed by atoms with Crippen LogP contribution in [0.2, 0.25) is 0 Å². The van der Waals surface area contributed by atoms with Crippen LogP contribution in [0.5, 0.6) is 0 Å². The van der Waals surface area contributed by atoms with Gasteiger partial charge in [-0.05, 0) is 31.7 Å². The van der Waals surface area contributed by atoms with Crippen molar-refractivity contribution in [2.24, 2.45) is 0 Å². The Balaban J connectivity index is 1.85. The fraction of sp³-hybridized carbons (Fsp3) is 0.471. The number of amides is 1. The van der Waals surface area contributed by atoms with Gasteiger partial charge in [0.05, 0.1) is 17.2 Å². The van der Waals surface area contributed by atoms with E-state index >= 15 is 0 Å². The van der Waals surface area contributed by atoms with Gasteiger partial charge in [-0.2, -0.15) is 0 Å². The molecule has 1 amide bonds. The van der Waals surface area contributed by atoms with Crippen molar-refractivity contribution < 1.29 is 4.79 Å². The Labute approximate surface area is 139 Å². The molecule has 0 radical (unpaired) electrons. The molecule has 6 heteroatoms. The average Bonchev–Trinajstić information content (AvgIpc) is 2.95. The number of nitrogens with one attached hydrogen (secondary N) is 1. The lowest BCUT2D eigenvalue weighted by molar-refractivity contribution is -0.121. The first-order chi connectivity index (χ1) is 11.1. The van der Waals surface area contributed by atoms with Gasteiger partial charge in [-0.3, -0.25) is 9.59 Å². The van der Waals surface area contributed by atoms with Crippen molar-refractivity contribution in [1.82, 2.24) is 14.9 Å². The summed E-state index contributed by atoms with van der Waals surface area (Å²) in [6, 6.07) is 3.70. The Hall–Kier alpha value is -1.95. The number of aromatic nitrogens is 2. The fourth-order valence-corrected chi connectivity index (χ4v) is 3.70. The summed E-state index contributed by atoms with van der Waals surface area (Å²) in [7, 11) is 0. The third-order valence-corrected chi connectivity index (χ3v) is 5.08. The monoisotopic (exact) mass is 331 g/mol. The van der Waals surface area contributed by atoms with Crippen molar-refractivity contribution in [1.29, 1.82) is 0 Å². The molecule has 23 heavy (non-hydrogen) atoms. The molecule has 0 unspecified atom stereocenters. The molecular weight excluding hydrogens is 310 g/mol. The zero-order chi connectivity index (χ0) is 16.4. The summed E-state index contributed by atoms with van der Waals surface area (Å²) < 4.78 is 1.84. The van der Waals surface area contributed by atoms with E-state index in [2.05, 4.69) is 10.3 Å². The predicted octanol–water partition coefficient (Wildman–Crippen LogP) is 2.05. The van der Waals surface area contributed by atoms with E-state index in [0.29, 0.717) is 13.0 Å². The third kappa shape index (κ3) is 3.52. The number of carbonyl (C=O) groups is 1. The molecule has 0 aromatic carbocycles. The first-order valence-electron chi connectivity index (χ1n) is 7.98. The van der Waals surface area contributed by atoms with Gasteiger partial charge in [-0.15, -0.1) is 11.3 Å². The molecule has 2 aromatic rings. The highest BCUT2D eigenvalue weighted by molar-refractivity contribution is 7.09. The van der Waals surface area contributed by atoms with E-state index in [4.69, 9.17) is 0 Å². The van der Waals surface area contributed by atoms with E-state index in [1.807, 2.05) is 29.9 Å². The van der Waals surface area contributed by atoms with Crippen LogP contribution >= 0.6 is 11.3 Å². The molecule has 0 spiro atoms. The Morgan fingerprint density at radius 2 is 2.30 bits per heavy atom. The van der Waals surface area contributed by atoms with Crippen molar-refractivity contribution in [3.8, 4) is 0 Å². The Morgan fingerprint density at radius 1 is 1.48 bits per heavy atom. The number of carbonyl (C=O) groups excluding carboxylic acids is 1. The summed E-state index contributed by atoms with van der Waals surface area (Å²) in [4.78, 5) is 28.3. The van der Waals surface area contributed by atoms with Gasteiger partial charge >= 0.3 is 0 Å². The van der Waals surface area contributed by atoms with Crippen molar-refractivity contribution in [2.75, 3.05) is 0 Å². The molecule has 0 saturated carbocycles. The van der Waals surface area contributed by atoms with E-state index in [9.17, 15) is 9.59 Å². The average molecular weight is 331 g/mol. The number of pyridine rings is 1. The lowest BCUT2D eigenvalue weighted by atomic mass is 9.91. The van der Waals surface area contributed by atoms with Crippen LogP contribution in [-0.4, -0.2) is 21.5 Å². The second-order valence-electron chi connectivity index (χ2n) is 5.95. The summed E-state index contributed by atoms with van der Waals surface area (Å²) in [6.45, 7) is 4.36. The van der Waals surface area contributed by atoms with Crippen LogP contribution in [-0.2, 0) is 24.2 Å². The van der Waals surface area contributed by atoms with E-state index in [0.717, 1.165) is 41.2 Å². The maximum absolute atomic E-state index is 12.3.